The maximum atomic E-state index is 12.1. The molecule has 1 saturated heterocycles. The van der Waals surface area contributed by atoms with Crippen LogP contribution in [0.3, 0.4) is 0 Å². The van der Waals surface area contributed by atoms with Gasteiger partial charge in [-0.05, 0) is 24.5 Å². The van der Waals surface area contributed by atoms with Crippen molar-refractivity contribution in [2.45, 2.75) is 18.3 Å². The molecule has 2 aliphatic heterocycles. The van der Waals surface area contributed by atoms with Gasteiger partial charge in [-0.2, -0.15) is 0 Å². The van der Waals surface area contributed by atoms with Crippen LogP contribution in [0.2, 0.25) is 0 Å². The molecule has 3 rings (SSSR count). The van der Waals surface area contributed by atoms with Crippen LogP contribution >= 0.6 is 0 Å². The number of amides is 1. The van der Waals surface area contributed by atoms with Gasteiger partial charge in [0.25, 0.3) is 0 Å². The van der Waals surface area contributed by atoms with Crippen LogP contribution in [0.25, 0.3) is 0 Å². The zero-order valence-electron chi connectivity index (χ0n) is 9.14. The van der Waals surface area contributed by atoms with E-state index >= 15 is 0 Å². The number of aromatic nitrogens is 1. The lowest BCUT2D eigenvalue weighted by Crippen LogP contribution is -2.42. The fourth-order valence-electron chi connectivity index (χ4n) is 2.66. The van der Waals surface area contributed by atoms with E-state index in [1.807, 2.05) is 6.07 Å². The quantitative estimate of drug-likeness (QED) is 0.728. The number of rotatable bonds is 0. The van der Waals surface area contributed by atoms with Gasteiger partial charge in [-0.15, -0.1) is 0 Å². The molecule has 1 fully saturated rings. The normalized spacial score (nSPS) is 24.4. The van der Waals surface area contributed by atoms with Crippen LogP contribution in [0.4, 0.5) is 5.69 Å². The second kappa shape index (κ2) is 3.29. The van der Waals surface area contributed by atoms with E-state index in [2.05, 4.69) is 10.3 Å². The first-order valence-corrected chi connectivity index (χ1v) is 7.32. The molecule has 0 radical (unpaired) electrons. The Labute approximate surface area is 99.2 Å². The Balaban J connectivity index is 2.07. The molecule has 0 bridgehead atoms. The first kappa shape index (κ1) is 10.7. The number of carbonyl (C=O) groups is 1. The molecule has 5 nitrogen and oxygen atoms in total. The number of nitrogens with zero attached hydrogens (tertiary/aromatic N) is 1. The van der Waals surface area contributed by atoms with Crippen LogP contribution in [0.15, 0.2) is 18.5 Å². The molecule has 6 heteroatoms. The molecule has 1 aromatic rings. The second-order valence-corrected chi connectivity index (χ2v) is 6.91. The predicted molar refractivity (Wildman–Crippen MR) is 62.4 cm³/mol. The minimum Gasteiger partial charge on any atom is -0.324 e. The molecule has 3 heterocycles. The molecular weight excluding hydrogens is 240 g/mol. The Morgan fingerprint density at radius 3 is 2.71 bits per heavy atom. The van der Waals surface area contributed by atoms with Gasteiger partial charge in [-0.1, -0.05) is 0 Å². The van der Waals surface area contributed by atoms with E-state index < -0.39 is 15.3 Å². The Bertz CT molecular complexity index is 580. The summed E-state index contributed by atoms with van der Waals surface area (Å²) in [7, 11) is -2.97. The molecule has 0 saturated carbocycles. The molecule has 0 atom stereocenters. The number of hydrogen-bond acceptors (Lipinski definition) is 4. The lowest BCUT2D eigenvalue weighted by Gasteiger charge is -2.31. The number of nitrogens with one attached hydrogen (secondary N) is 1. The summed E-state index contributed by atoms with van der Waals surface area (Å²) in [4.78, 5) is 16.0. The number of pyridine rings is 1. The highest BCUT2D eigenvalue weighted by atomic mass is 32.2. The molecule has 1 spiro atoms. The number of hydrogen-bond donors (Lipinski definition) is 1. The molecule has 0 aromatic carbocycles. The number of carbonyl (C=O) groups excluding carboxylic acids is 1. The average Bonchev–Trinajstić information content (AvgIpc) is 2.57. The summed E-state index contributed by atoms with van der Waals surface area (Å²) in [6.07, 6.45) is 4.01. The Hall–Kier alpha value is -1.43. The van der Waals surface area contributed by atoms with Crippen LogP contribution in [0.1, 0.15) is 18.4 Å². The van der Waals surface area contributed by atoms with Crippen LogP contribution in [-0.2, 0) is 20.0 Å². The fraction of sp³-hybridized carbons (Fsp3) is 0.455. The number of fused-ring (bicyclic) bond motifs is 2. The minimum absolute atomic E-state index is 0.0855. The summed E-state index contributed by atoms with van der Waals surface area (Å²) in [5.74, 6) is 0.0834. The van der Waals surface area contributed by atoms with E-state index in [1.165, 1.54) is 0 Å². The number of anilines is 1. The van der Waals surface area contributed by atoms with E-state index in [1.54, 1.807) is 12.4 Å². The summed E-state index contributed by atoms with van der Waals surface area (Å²) < 4.78 is 22.9. The molecular formula is C11H12N2O3S. The van der Waals surface area contributed by atoms with Gasteiger partial charge in [0.2, 0.25) is 5.91 Å². The van der Waals surface area contributed by atoms with Gasteiger partial charge in [0.05, 0.1) is 28.8 Å². The molecule has 1 aromatic heterocycles. The van der Waals surface area contributed by atoms with E-state index in [4.69, 9.17) is 0 Å². The Morgan fingerprint density at radius 1 is 1.29 bits per heavy atom. The van der Waals surface area contributed by atoms with Gasteiger partial charge in [0, 0.05) is 6.20 Å². The third-order valence-corrected chi connectivity index (χ3v) is 5.35. The maximum Gasteiger partial charge on any atom is 0.235 e. The van der Waals surface area contributed by atoms with Gasteiger partial charge >= 0.3 is 0 Å². The molecule has 17 heavy (non-hydrogen) atoms. The summed E-state index contributed by atoms with van der Waals surface area (Å²) >= 11 is 0. The summed E-state index contributed by atoms with van der Waals surface area (Å²) in [5.41, 5.74) is 0.966. The van der Waals surface area contributed by atoms with Crippen molar-refractivity contribution in [2.24, 2.45) is 0 Å². The van der Waals surface area contributed by atoms with Crippen LogP contribution in [0.5, 0.6) is 0 Å². The molecule has 1 amide bonds. The highest BCUT2D eigenvalue weighted by Crippen LogP contribution is 2.44. The van der Waals surface area contributed by atoms with E-state index in [0.29, 0.717) is 12.8 Å². The molecule has 90 valence electrons. The summed E-state index contributed by atoms with van der Waals surface area (Å²) in [6, 6.07) is 1.81. The van der Waals surface area contributed by atoms with Crippen LogP contribution < -0.4 is 5.32 Å². The van der Waals surface area contributed by atoms with E-state index in [-0.39, 0.29) is 17.4 Å². The lowest BCUT2D eigenvalue weighted by molar-refractivity contribution is -0.121. The highest BCUT2D eigenvalue weighted by Gasteiger charge is 2.49. The van der Waals surface area contributed by atoms with Crippen molar-refractivity contribution in [3.8, 4) is 0 Å². The molecule has 0 unspecified atom stereocenters. The first-order valence-electron chi connectivity index (χ1n) is 5.50. The maximum absolute atomic E-state index is 12.1. The van der Waals surface area contributed by atoms with Crippen molar-refractivity contribution >= 4 is 21.4 Å². The van der Waals surface area contributed by atoms with Gasteiger partial charge in [-0.25, -0.2) is 8.42 Å². The Kier molecular flexibility index (Phi) is 2.07. The monoisotopic (exact) mass is 252 g/mol. The first-order chi connectivity index (χ1) is 8.04. The molecule has 0 aliphatic carbocycles. The van der Waals surface area contributed by atoms with Crippen LogP contribution in [-0.4, -0.2) is 30.8 Å². The minimum atomic E-state index is -2.97. The van der Waals surface area contributed by atoms with Crippen molar-refractivity contribution in [3.63, 3.8) is 0 Å². The zero-order chi connectivity index (χ0) is 12.1. The van der Waals surface area contributed by atoms with E-state index in [9.17, 15) is 13.2 Å². The largest absolute Gasteiger partial charge is 0.324 e. The fourth-order valence-corrected chi connectivity index (χ4v) is 4.18. The summed E-state index contributed by atoms with van der Waals surface area (Å²) in [5, 5.41) is 2.79. The smallest absolute Gasteiger partial charge is 0.235 e. The van der Waals surface area contributed by atoms with Gasteiger partial charge in [0.1, 0.15) is 9.84 Å². The van der Waals surface area contributed by atoms with Gasteiger partial charge < -0.3 is 5.32 Å². The van der Waals surface area contributed by atoms with Crippen molar-refractivity contribution in [1.29, 1.82) is 0 Å². The van der Waals surface area contributed by atoms with Crippen molar-refractivity contribution in [1.82, 2.24) is 4.98 Å². The van der Waals surface area contributed by atoms with Crippen molar-refractivity contribution in [3.05, 3.63) is 24.0 Å². The summed E-state index contributed by atoms with van der Waals surface area (Å²) in [6.45, 7) is 0. The predicted octanol–water partition coefficient (Wildman–Crippen LogP) is 0.480. The molecule has 1 N–H and O–H groups in total. The second-order valence-electron chi connectivity index (χ2n) is 4.61. The SMILES string of the molecule is O=C1Nc2cnccc2C12CCS(=O)(=O)CC2. The topological polar surface area (TPSA) is 76.1 Å². The third kappa shape index (κ3) is 1.47. The van der Waals surface area contributed by atoms with Crippen molar-refractivity contribution < 1.29 is 13.2 Å². The van der Waals surface area contributed by atoms with E-state index in [0.717, 1.165) is 11.3 Å². The van der Waals surface area contributed by atoms with Gasteiger partial charge in [-0.3, -0.25) is 9.78 Å². The Morgan fingerprint density at radius 2 is 2.00 bits per heavy atom. The van der Waals surface area contributed by atoms with Crippen molar-refractivity contribution in [2.75, 3.05) is 16.8 Å². The van der Waals surface area contributed by atoms with Crippen LogP contribution in [0, 0.1) is 0 Å². The lowest BCUT2D eigenvalue weighted by atomic mass is 9.77. The number of sulfone groups is 1. The van der Waals surface area contributed by atoms with Gasteiger partial charge in [0.15, 0.2) is 0 Å². The third-order valence-electron chi connectivity index (χ3n) is 3.70. The molecule has 2 aliphatic rings. The highest BCUT2D eigenvalue weighted by molar-refractivity contribution is 7.91. The standard InChI is InChI=1S/C11H12N2O3S/c14-10-11(2-5-17(15,16)6-3-11)8-1-4-12-7-9(8)13-10/h1,4,7H,2-3,5-6H2,(H,13,14). The average molecular weight is 252 g/mol. The zero-order valence-corrected chi connectivity index (χ0v) is 9.96.